The van der Waals surface area contributed by atoms with Crippen LogP contribution in [0.3, 0.4) is 0 Å². The first kappa shape index (κ1) is 14.0. The van der Waals surface area contributed by atoms with Crippen LogP contribution in [0.15, 0.2) is 23.1 Å². The van der Waals surface area contributed by atoms with Gasteiger partial charge in [-0.15, -0.1) is 11.8 Å². The number of hydrogen-bond donors (Lipinski definition) is 1. The molecule has 1 aromatic carbocycles. The maximum Gasteiger partial charge on any atom is 0.119 e. The third kappa shape index (κ3) is 2.73. The molecular formula is C17H22N2S. The fraction of sp³-hybridized carbons (Fsp3) is 0.588. The highest BCUT2D eigenvalue weighted by molar-refractivity contribution is 7.99. The first-order chi connectivity index (χ1) is 9.77. The van der Waals surface area contributed by atoms with Crippen LogP contribution in [0, 0.1) is 17.2 Å². The third-order valence-electron chi connectivity index (χ3n) is 4.50. The molecule has 3 rings (SSSR count). The SMILES string of the molecule is CCNC(C#N)(CSc1ccc2c(c1)CCC2)C1CC1. The fourth-order valence-electron chi connectivity index (χ4n) is 3.20. The first-order valence-corrected chi connectivity index (χ1v) is 8.67. The molecule has 0 radical (unpaired) electrons. The number of rotatable bonds is 6. The molecular weight excluding hydrogens is 264 g/mol. The molecule has 0 saturated heterocycles. The van der Waals surface area contributed by atoms with Crippen molar-refractivity contribution in [2.75, 3.05) is 12.3 Å². The predicted molar refractivity (Wildman–Crippen MR) is 83.9 cm³/mol. The van der Waals surface area contributed by atoms with Gasteiger partial charge in [0.05, 0.1) is 6.07 Å². The Morgan fingerprint density at radius 2 is 2.15 bits per heavy atom. The largest absolute Gasteiger partial charge is 0.299 e. The van der Waals surface area contributed by atoms with E-state index in [4.69, 9.17) is 0 Å². The highest BCUT2D eigenvalue weighted by Crippen LogP contribution is 2.42. The van der Waals surface area contributed by atoms with E-state index in [1.54, 1.807) is 0 Å². The van der Waals surface area contributed by atoms with Crippen LogP contribution in [0.4, 0.5) is 0 Å². The minimum atomic E-state index is -0.321. The fourth-order valence-corrected chi connectivity index (χ4v) is 4.39. The van der Waals surface area contributed by atoms with Gasteiger partial charge in [-0.1, -0.05) is 13.0 Å². The number of aryl methyl sites for hydroxylation is 2. The van der Waals surface area contributed by atoms with Crippen molar-refractivity contribution in [3.05, 3.63) is 29.3 Å². The maximum atomic E-state index is 9.63. The average Bonchev–Trinajstić information content (AvgIpc) is 3.22. The standard InChI is InChI=1S/C17H22N2S/c1-2-19-17(11-18,15-7-8-15)12-20-16-9-6-13-4-3-5-14(13)10-16/h6,9-10,15,19H,2-5,7-8,12H2,1H3. The van der Waals surface area contributed by atoms with Crippen molar-refractivity contribution in [2.24, 2.45) is 5.92 Å². The summed E-state index contributed by atoms with van der Waals surface area (Å²) in [4.78, 5) is 1.32. The van der Waals surface area contributed by atoms with Crippen molar-refractivity contribution in [3.8, 4) is 6.07 Å². The Labute approximate surface area is 125 Å². The first-order valence-electron chi connectivity index (χ1n) is 7.68. The van der Waals surface area contributed by atoms with E-state index in [2.05, 4.69) is 36.5 Å². The summed E-state index contributed by atoms with van der Waals surface area (Å²) in [5.74, 6) is 1.41. The molecule has 0 amide bonds. The molecule has 0 heterocycles. The summed E-state index contributed by atoms with van der Waals surface area (Å²) in [5, 5.41) is 13.1. The van der Waals surface area contributed by atoms with Gasteiger partial charge in [-0.05, 0) is 67.8 Å². The van der Waals surface area contributed by atoms with E-state index < -0.39 is 0 Å². The van der Waals surface area contributed by atoms with Crippen molar-refractivity contribution >= 4 is 11.8 Å². The Kier molecular flexibility index (Phi) is 4.05. The van der Waals surface area contributed by atoms with Gasteiger partial charge in [-0.3, -0.25) is 5.32 Å². The number of nitrogens with one attached hydrogen (secondary N) is 1. The molecule has 0 spiro atoms. The number of nitrogens with zero attached hydrogens (tertiary/aromatic N) is 1. The van der Waals surface area contributed by atoms with Crippen molar-refractivity contribution in [1.82, 2.24) is 5.32 Å². The van der Waals surface area contributed by atoms with Gasteiger partial charge in [0.25, 0.3) is 0 Å². The van der Waals surface area contributed by atoms with Crippen LogP contribution >= 0.6 is 11.8 Å². The zero-order valence-corrected chi connectivity index (χ0v) is 12.9. The van der Waals surface area contributed by atoms with E-state index in [0.29, 0.717) is 5.92 Å². The van der Waals surface area contributed by atoms with E-state index in [1.165, 1.54) is 48.1 Å². The van der Waals surface area contributed by atoms with E-state index in [9.17, 15) is 5.26 Å². The number of fused-ring (bicyclic) bond motifs is 1. The minimum absolute atomic E-state index is 0.321. The average molecular weight is 286 g/mol. The van der Waals surface area contributed by atoms with Gasteiger partial charge < -0.3 is 0 Å². The van der Waals surface area contributed by atoms with Gasteiger partial charge in [-0.25, -0.2) is 0 Å². The minimum Gasteiger partial charge on any atom is -0.299 e. The van der Waals surface area contributed by atoms with Gasteiger partial charge in [0, 0.05) is 10.6 Å². The van der Waals surface area contributed by atoms with Crippen LogP contribution in [-0.2, 0) is 12.8 Å². The molecule has 106 valence electrons. The molecule has 1 aromatic rings. The van der Waals surface area contributed by atoms with Crippen LogP contribution in [0.5, 0.6) is 0 Å². The highest BCUT2D eigenvalue weighted by Gasteiger charge is 2.45. The Balaban J connectivity index is 1.69. The smallest absolute Gasteiger partial charge is 0.119 e. The van der Waals surface area contributed by atoms with E-state index in [0.717, 1.165) is 12.3 Å². The molecule has 0 bridgehead atoms. The van der Waals surface area contributed by atoms with Crippen LogP contribution in [-0.4, -0.2) is 17.8 Å². The van der Waals surface area contributed by atoms with Crippen molar-refractivity contribution in [2.45, 2.75) is 49.5 Å². The third-order valence-corrected chi connectivity index (χ3v) is 5.69. The molecule has 2 nitrogen and oxygen atoms in total. The van der Waals surface area contributed by atoms with Crippen LogP contribution in [0.1, 0.15) is 37.3 Å². The van der Waals surface area contributed by atoms with Crippen LogP contribution < -0.4 is 5.32 Å². The van der Waals surface area contributed by atoms with Crippen molar-refractivity contribution in [3.63, 3.8) is 0 Å². The summed E-state index contributed by atoms with van der Waals surface area (Å²) < 4.78 is 0. The lowest BCUT2D eigenvalue weighted by molar-refractivity contribution is 0.416. The summed E-state index contributed by atoms with van der Waals surface area (Å²) in [7, 11) is 0. The lowest BCUT2D eigenvalue weighted by Crippen LogP contribution is -2.48. The molecule has 2 aliphatic rings. The molecule has 1 unspecified atom stereocenters. The number of benzene rings is 1. The molecule has 1 fully saturated rings. The number of nitriles is 1. The molecule has 1 atom stereocenters. The zero-order chi connectivity index (χ0) is 14.0. The van der Waals surface area contributed by atoms with E-state index in [-0.39, 0.29) is 5.54 Å². The molecule has 1 saturated carbocycles. The van der Waals surface area contributed by atoms with Crippen molar-refractivity contribution < 1.29 is 0 Å². The second-order valence-electron chi connectivity index (χ2n) is 5.96. The summed E-state index contributed by atoms with van der Waals surface area (Å²) in [6.45, 7) is 2.96. The second-order valence-corrected chi connectivity index (χ2v) is 7.01. The second kappa shape index (κ2) is 5.79. The highest BCUT2D eigenvalue weighted by atomic mass is 32.2. The molecule has 3 heteroatoms. The van der Waals surface area contributed by atoms with Gasteiger partial charge in [0.15, 0.2) is 0 Å². The van der Waals surface area contributed by atoms with Gasteiger partial charge in [-0.2, -0.15) is 5.26 Å². The topological polar surface area (TPSA) is 35.8 Å². The number of thioether (sulfide) groups is 1. The summed E-state index contributed by atoms with van der Waals surface area (Å²) in [6, 6.07) is 9.42. The Hall–Kier alpha value is -0.980. The van der Waals surface area contributed by atoms with Gasteiger partial charge in [0.2, 0.25) is 0 Å². The molecule has 0 aliphatic heterocycles. The maximum absolute atomic E-state index is 9.63. The summed E-state index contributed by atoms with van der Waals surface area (Å²) in [5.41, 5.74) is 2.72. The van der Waals surface area contributed by atoms with Crippen molar-refractivity contribution in [1.29, 1.82) is 5.26 Å². The Morgan fingerprint density at radius 1 is 1.35 bits per heavy atom. The zero-order valence-electron chi connectivity index (χ0n) is 12.1. The molecule has 2 aliphatic carbocycles. The predicted octanol–water partition coefficient (Wildman–Crippen LogP) is 3.55. The monoisotopic (exact) mass is 286 g/mol. The van der Waals surface area contributed by atoms with Crippen LogP contribution in [0.2, 0.25) is 0 Å². The molecule has 1 N–H and O–H groups in total. The summed E-state index contributed by atoms with van der Waals surface area (Å²) >= 11 is 1.84. The van der Waals surface area contributed by atoms with Crippen LogP contribution in [0.25, 0.3) is 0 Å². The lowest BCUT2D eigenvalue weighted by Gasteiger charge is -2.27. The van der Waals surface area contributed by atoms with Gasteiger partial charge in [0.1, 0.15) is 5.54 Å². The van der Waals surface area contributed by atoms with E-state index in [1.807, 2.05) is 11.8 Å². The number of hydrogen-bond acceptors (Lipinski definition) is 3. The summed E-state index contributed by atoms with van der Waals surface area (Å²) in [6.07, 6.45) is 6.16. The molecule has 20 heavy (non-hydrogen) atoms. The van der Waals surface area contributed by atoms with E-state index >= 15 is 0 Å². The Morgan fingerprint density at radius 3 is 2.85 bits per heavy atom. The Bertz CT molecular complexity index is 530. The quantitative estimate of drug-likeness (QED) is 0.812. The lowest BCUT2D eigenvalue weighted by atomic mass is 9.98. The van der Waals surface area contributed by atoms with Gasteiger partial charge >= 0.3 is 0 Å². The normalized spacial score (nSPS) is 20.2. The molecule has 0 aromatic heterocycles.